The van der Waals surface area contributed by atoms with E-state index < -0.39 is 0 Å². The lowest BCUT2D eigenvalue weighted by atomic mass is 10.3. The lowest BCUT2D eigenvalue weighted by Gasteiger charge is -2.03. The highest BCUT2D eigenvalue weighted by Gasteiger charge is 2.09. The Morgan fingerprint density at radius 1 is 1.50 bits per heavy atom. The first-order valence-corrected chi connectivity index (χ1v) is 7.57. The number of hydrogen-bond donors (Lipinski definition) is 1. The fourth-order valence-electron chi connectivity index (χ4n) is 1.70. The number of thiazole rings is 1. The topological polar surface area (TPSA) is 29.3 Å². The average Bonchev–Trinajstić information content (AvgIpc) is 2.70. The second kappa shape index (κ2) is 5.21. The SMILES string of the molecule is CSCCNCc1c(C)nc2sc(C)cn12. The number of rotatable bonds is 5. The van der Waals surface area contributed by atoms with Crippen LogP contribution in [0, 0.1) is 13.8 Å². The van der Waals surface area contributed by atoms with Gasteiger partial charge in [-0.2, -0.15) is 11.8 Å². The Labute approximate surface area is 104 Å². The van der Waals surface area contributed by atoms with E-state index in [1.807, 2.05) is 11.8 Å². The third kappa shape index (κ3) is 2.42. The standard InChI is InChI=1S/C11H17N3S2/c1-8-7-14-10(6-12-4-5-15-3)9(2)13-11(14)16-8/h7,12H,4-6H2,1-3H3. The zero-order valence-corrected chi connectivity index (χ0v) is 11.5. The van der Waals surface area contributed by atoms with Crippen molar-refractivity contribution < 1.29 is 0 Å². The highest BCUT2D eigenvalue weighted by Crippen LogP contribution is 2.20. The second-order valence-corrected chi connectivity index (χ2v) is 6.01. The largest absolute Gasteiger partial charge is 0.310 e. The summed E-state index contributed by atoms with van der Waals surface area (Å²) in [6.07, 6.45) is 4.30. The van der Waals surface area contributed by atoms with E-state index in [-0.39, 0.29) is 0 Å². The van der Waals surface area contributed by atoms with Crippen molar-refractivity contribution in [2.75, 3.05) is 18.6 Å². The average molecular weight is 255 g/mol. The van der Waals surface area contributed by atoms with Crippen LogP contribution >= 0.6 is 23.1 Å². The summed E-state index contributed by atoms with van der Waals surface area (Å²) in [6.45, 7) is 6.17. The first-order valence-electron chi connectivity index (χ1n) is 5.36. The molecule has 2 aromatic rings. The maximum absolute atomic E-state index is 4.57. The molecular weight excluding hydrogens is 238 g/mol. The van der Waals surface area contributed by atoms with Gasteiger partial charge in [0.1, 0.15) is 0 Å². The maximum Gasteiger partial charge on any atom is 0.194 e. The third-order valence-electron chi connectivity index (χ3n) is 2.52. The van der Waals surface area contributed by atoms with Gasteiger partial charge in [-0.25, -0.2) is 4.98 Å². The van der Waals surface area contributed by atoms with Crippen LogP contribution in [0.15, 0.2) is 6.20 Å². The molecule has 0 aliphatic rings. The van der Waals surface area contributed by atoms with Crippen molar-refractivity contribution in [1.82, 2.24) is 14.7 Å². The Kier molecular flexibility index (Phi) is 3.89. The summed E-state index contributed by atoms with van der Waals surface area (Å²) < 4.78 is 2.21. The molecule has 0 aliphatic carbocycles. The molecule has 0 atom stereocenters. The predicted molar refractivity (Wildman–Crippen MR) is 72.6 cm³/mol. The van der Waals surface area contributed by atoms with Gasteiger partial charge in [0, 0.05) is 29.9 Å². The summed E-state index contributed by atoms with van der Waals surface area (Å²) in [7, 11) is 0. The molecule has 0 radical (unpaired) electrons. The number of aryl methyl sites for hydroxylation is 2. The molecule has 0 saturated heterocycles. The van der Waals surface area contributed by atoms with Crippen molar-refractivity contribution in [1.29, 1.82) is 0 Å². The molecule has 2 aromatic heterocycles. The summed E-state index contributed by atoms with van der Waals surface area (Å²) in [5.74, 6) is 1.16. The summed E-state index contributed by atoms with van der Waals surface area (Å²) in [5, 5.41) is 3.45. The van der Waals surface area contributed by atoms with Crippen LogP contribution in [0.2, 0.25) is 0 Å². The summed E-state index contributed by atoms with van der Waals surface area (Å²) in [4.78, 5) is 6.99. The van der Waals surface area contributed by atoms with E-state index in [0.717, 1.165) is 29.5 Å². The van der Waals surface area contributed by atoms with Crippen LogP contribution < -0.4 is 5.32 Å². The van der Waals surface area contributed by atoms with Crippen LogP contribution in [0.5, 0.6) is 0 Å². The van der Waals surface area contributed by atoms with E-state index in [1.54, 1.807) is 11.3 Å². The summed E-state index contributed by atoms with van der Waals surface area (Å²) >= 11 is 3.62. The quantitative estimate of drug-likeness (QED) is 0.832. The molecule has 0 aromatic carbocycles. The van der Waals surface area contributed by atoms with Gasteiger partial charge in [0.15, 0.2) is 4.96 Å². The van der Waals surface area contributed by atoms with Gasteiger partial charge in [-0.15, -0.1) is 11.3 Å². The molecule has 0 unspecified atom stereocenters. The third-order valence-corrected chi connectivity index (χ3v) is 4.03. The van der Waals surface area contributed by atoms with Crippen molar-refractivity contribution in [3.05, 3.63) is 22.5 Å². The molecule has 1 N–H and O–H groups in total. The Bertz CT molecular complexity index is 473. The molecule has 2 rings (SSSR count). The molecule has 0 aliphatic heterocycles. The van der Waals surface area contributed by atoms with Gasteiger partial charge in [0.25, 0.3) is 0 Å². The molecule has 0 fully saturated rings. The Morgan fingerprint density at radius 2 is 2.31 bits per heavy atom. The smallest absolute Gasteiger partial charge is 0.194 e. The van der Waals surface area contributed by atoms with Crippen molar-refractivity contribution in [3.63, 3.8) is 0 Å². The first kappa shape index (κ1) is 12.0. The van der Waals surface area contributed by atoms with E-state index >= 15 is 0 Å². The highest BCUT2D eigenvalue weighted by atomic mass is 32.2. The molecule has 2 heterocycles. The van der Waals surface area contributed by atoms with Gasteiger partial charge in [-0.05, 0) is 20.1 Å². The number of nitrogens with zero attached hydrogens (tertiary/aromatic N) is 2. The summed E-state index contributed by atoms with van der Waals surface area (Å²) in [6, 6.07) is 0. The van der Waals surface area contributed by atoms with Crippen molar-refractivity contribution >= 4 is 28.1 Å². The number of fused-ring (bicyclic) bond motifs is 1. The Balaban J connectivity index is 2.12. The zero-order valence-electron chi connectivity index (χ0n) is 9.91. The maximum atomic E-state index is 4.57. The molecule has 3 nitrogen and oxygen atoms in total. The van der Waals surface area contributed by atoms with E-state index in [1.165, 1.54) is 10.6 Å². The molecule has 16 heavy (non-hydrogen) atoms. The second-order valence-electron chi connectivity index (χ2n) is 3.81. The van der Waals surface area contributed by atoms with E-state index in [4.69, 9.17) is 0 Å². The Morgan fingerprint density at radius 3 is 3.06 bits per heavy atom. The fraction of sp³-hybridized carbons (Fsp3) is 0.545. The van der Waals surface area contributed by atoms with Gasteiger partial charge < -0.3 is 5.32 Å². The van der Waals surface area contributed by atoms with E-state index in [0.29, 0.717) is 0 Å². The monoisotopic (exact) mass is 255 g/mol. The predicted octanol–water partition coefficient (Wildman–Crippen LogP) is 2.47. The highest BCUT2D eigenvalue weighted by molar-refractivity contribution is 7.98. The van der Waals surface area contributed by atoms with Gasteiger partial charge in [0.2, 0.25) is 0 Å². The molecule has 88 valence electrons. The van der Waals surface area contributed by atoms with Crippen LogP contribution in [-0.2, 0) is 6.54 Å². The van der Waals surface area contributed by atoms with Gasteiger partial charge in [-0.1, -0.05) is 0 Å². The normalized spacial score (nSPS) is 11.4. The van der Waals surface area contributed by atoms with Gasteiger partial charge >= 0.3 is 0 Å². The first-order chi connectivity index (χ1) is 7.72. The van der Waals surface area contributed by atoms with Crippen LogP contribution in [-0.4, -0.2) is 27.9 Å². The van der Waals surface area contributed by atoms with Gasteiger partial charge in [0.05, 0.1) is 11.4 Å². The number of thioether (sulfide) groups is 1. The summed E-state index contributed by atoms with van der Waals surface area (Å²) in [5.41, 5.74) is 2.43. The van der Waals surface area contributed by atoms with E-state index in [9.17, 15) is 0 Å². The van der Waals surface area contributed by atoms with E-state index in [2.05, 4.69) is 41.0 Å². The molecule has 0 spiro atoms. The minimum absolute atomic E-state index is 0.906. The molecule has 0 saturated carbocycles. The minimum atomic E-state index is 0.906. The number of hydrogen-bond acceptors (Lipinski definition) is 4. The zero-order chi connectivity index (χ0) is 11.5. The van der Waals surface area contributed by atoms with Crippen molar-refractivity contribution in [2.24, 2.45) is 0 Å². The number of nitrogens with one attached hydrogen (secondary N) is 1. The lowest BCUT2D eigenvalue weighted by Crippen LogP contribution is -2.18. The van der Waals surface area contributed by atoms with Crippen molar-refractivity contribution in [3.8, 4) is 0 Å². The Hall–Kier alpha value is -0.520. The minimum Gasteiger partial charge on any atom is -0.310 e. The molecule has 5 heteroatoms. The molecule has 0 amide bonds. The van der Waals surface area contributed by atoms with Crippen LogP contribution in [0.25, 0.3) is 4.96 Å². The van der Waals surface area contributed by atoms with Crippen molar-refractivity contribution in [2.45, 2.75) is 20.4 Å². The molecule has 0 bridgehead atoms. The van der Waals surface area contributed by atoms with Crippen LogP contribution in [0.1, 0.15) is 16.3 Å². The fourth-order valence-corrected chi connectivity index (χ4v) is 2.94. The van der Waals surface area contributed by atoms with Gasteiger partial charge in [-0.3, -0.25) is 4.40 Å². The van der Waals surface area contributed by atoms with Crippen LogP contribution in [0.4, 0.5) is 0 Å². The number of imidazole rings is 1. The molecular formula is C11H17N3S2. The lowest BCUT2D eigenvalue weighted by molar-refractivity contribution is 0.707. The van der Waals surface area contributed by atoms with Crippen LogP contribution in [0.3, 0.4) is 0 Å². The number of aromatic nitrogens is 2.